The van der Waals surface area contributed by atoms with Gasteiger partial charge in [-0.15, -0.1) is 0 Å². The van der Waals surface area contributed by atoms with E-state index in [4.69, 9.17) is 9.47 Å². The van der Waals surface area contributed by atoms with Crippen LogP contribution in [0.1, 0.15) is 73.4 Å². The summed E-state index contributed by atoms with van der Waals surface area (Å²) in [6.07, 6.45) is 5.85. The second-order valence-corrected chi connectivity index (χ2v) is 12.2. The Kier molecular flexibility index (Phi) is 7.19. The van der Waals surface area contributed by atoms with E-state index in [0.29, 0.717) is 44.2 Å². The zero-order valence-corrected chi connectivity index (χ0v) is 23.9. The summed E-state index contributed by atoms with van der Waals surface area (Å²) in [4.78, 5) is 42.4. The number of amides is 1. The van der Waals surface area contributed by atoms with E-state index >= 15 is 0 Å². The van der Waals surface area contributed by atoms with E-state index in [0.717, 1.165) is 49.3 Å². The lowest BCUT2D eigenvalue weighted by Gasteiger charge is -2.60. The number of likely N-dealkylation sites (tertiary alicyclic amines) is 1. The summed E-state index contributed by atoms with van der Waals surface area (Å²) in [5.41, 5.74) is 3.15. The van der Waals surface area contributed by atoms with Gasteiger partial charge >= 0.3 is 0 Å². The number of ketones is 2. The summed E-state index contributed by atoms with van der Waals surface area (Å²) < 4.78 is 12.6. The molecule has 1 saturated heterocycles. The first-order valence-corrected chi connectivity index (χ1v) is 14.8. The maximum absolute atomic E-state index is 13.5. The number of benzene rings is 2. The molecule has 2 aromatic carbocycles. The topological polar surface area (TPSA) is 76.2 Å². The summed E-state index contributed by atoms with van der Waals surface area (Å²) in [5.74, 6) is 2.46. The highest BCUT2D eigenvalue weighted by Gasteiger charge is 2.66. The van der Waals surface area contributed by atoms with Crippen LogP contribution in [0.2, 0.25) is 0 Å². The van der Waals surface area contributed by atoms with Crippen molar-refractivity contribution in [3.63, 3.8) is 0 Å². The smallest absolute Gasteiger partial charge is 0.222 e. The van der Waals surface area contributed by atoms with Crippen LogP contribution in [0.4, 0.5) is 0 Å². The molecule has 40 heavy (non-hydrogen) atoms. The predicted molar refractivity (Wildman–Crippen MR) is 152 cm³/mol. The first-order chi connectivity index (χ1) is 19.3. The Morgan fingerprint density at radius 2 is 1.85 bits per heavy atom. The number of Topliss-reactive ketones (excluding diaryl/α,β-unsaturated/α-hetero) is 2. The van der Waals surface area contributed by atoms with Gasteiger partial charge in [0.05, 0.1) is 19.7 Å². The average molecular weight is 545 g/mol. The molecule has 0 N–H and O–H groups in total. The lowest BCUT2D eigenvalue weighted by molar-refractivity contribution is -0.141. The molecule has 7 nitrogen and oxygen atoms in total. The standard InChI is InChI=1S/C33H40N2O5/c1-21(36)20-35-18-17-33-24-14-15-25(32(33)40-31-28(39-3)16-13-23(30(31)33)19-26(24)35)34(2)29(38)12-8-7-11-27(37)22-9-5-4-6-10-22/h4-6,9-10,13,16,24-26,32H,7-8,11-12,14-15,17-20H2,1-3H3/t24-,25+,26+,32-,33-/m0/s1. The monoisotopic (exact) mass is 544 g/mol. The van der Waals surface area contributed by atoms with Crippen molar-refractivity contribution in [1.82, 2.24) is 9.80 Å². The van der Waals surface area contributed by atoms with E-state index in [1.54, 1.807) is 14.0 Å². The largest absolute Gasteiger partial charge is 0.493 e. The Morgan fingerprint density at radius 1 is 1.07 bits per heavy atom. The van der Waals surface area contributed by atoms with Gasteiger partial charge in [0.2, 0.25) is 5.91 Å². The van der Waals surface area contributed by atoms with Gasteiger partial charge in [0, 0.05) is 42.5 Å². The van der Waals surface area contributed by atoms with E-state index in [2.05, 4.69) is 11.0 Å². The molecule has 0 radical (unpaired) electrons. The van der Waals surface area contributed by atoms with Crippen molar-refractivity contribution < 1.29 is 23.9 Å². The molecule has 1 amide bonds. The minimum absolute atomic E-state index is 0.0298. The van der Waals surface area contributed by atoms with Crippen LogP contribution >= 0.6 is 0 Å². The van der Waals surface area contributed by atoms with Crippen molar-refractivity contribution in [3.05, 3.63) is 59.2 Å². The summed E-state index contributed by atoms with van der Waals surface area (Å²) in [7, 11) is 3.62. The zero-order chi connectivity index (χ0) is 28.0. The fourth-order valence-electron chi connectivity index (χ4n) is 8.32. The van der Waals surface area contributed by atoms with Gasteiger partial charge in [-0.1, -0.05) is 36.4 Å². The van der Waals surface area contributed by atoms with Crippen molar-refractivity contribution in [1.29, 1.82) is 0 Å². The number of ether oxygens (including phenoxy) is 2. The van der Waals surface area contributed by atoms with Crippen molar-refractivity contribution in [2.75, 3.05) is 27.2 Å². The van der Waals surface area contributed by atoms with Crippen molar-refractivity contribution >= 4 is 17.5 Å². The third-order valence-corrected chi connectivity index (χ3v) is 10.1. The van der Waals surface area contributed by atoms with Gasteiger partial charge < -0.3 is 14.4 Å². The second-order valence-electron chi connectivity index (χ2n) is 12.2. The normalized spacial score (nSPS) is 27.9. The first-order valence-electron chi connectivity index (χ1n) is 14.8. The molecule has 5 atom stereocenters. The molecule has 1 spiro atoms. The highest BCUT2D eigenvalue weighted by Crippen LogP contribution is 2.64. The summed E-state index contributed by atoms with van der Waals surface area (Å²) >= 11 is 0. The van der Waals surface area contributed by atoms with Gasteiger partial charge in [-0.05, 0) is 69.5 Å². The van der Waals surface area contributed by atoms with E-state index in [1.807, 2.05) is 48.3 Å². The van der Waals surface area contributed by atoms with Crippen LogP contribution in [0.3, 0.4) is 0 Å². The molecule has 2 aliphatic heterocycles. The molecule has 2 bridgehead atoms. The van der Waals surface area contributed by atoms with Crippen LogP contribution in [-0.4, -0.2) is 72.7 Å². The Hall–Kier alpha value is -3.19. The summed E-state index contributed by atoms with van der Waals surface area (Å²) in [6, 6.07) is 13.8. The maximum Gasteiger partial charge on any atom is 0.222 e. The van der Waals surface area contributed by atoms with Crippen molar-refractivity contribution in [2.45, 2.75) is 81.9 Å². The molecule has 7 heteroatoms. The highest BCUT2D eigenvalue weighted by atomic mass is 16.5. The van der Waals surface area contributed by atoms with E-state index in [1.165, 1.54) is 11.1 Å². The van der Waals surface area contributed by atoms with Gasteiger partial charge in [0.15, 0.2) is 17.3 Å². The SMILES string of the molecule is COc1ccc2c3c1O[C@H]1[C@H](N(C)C(=O)CCCCC(=O)c4ccccc4)CC[C@H]4[C@@H](C2)N(CC(C)=O)CC[C@@]341. The number of piperidine rings is 1. The third kappa shape index (κ3) is 4.33. The molecule has 2 aliphatic carbocycles. The number of carbonyl (C=O) groups is 3. The number of hydrogen-bond acceptors (Lipinski definition) is 6. The Morgan fingerprint density at radius 3 is 2.60 bits per heavy atom. The molecule has 2 aromatic rings. The quantitative estimate of drug-likeness (QED) is 0.322. The second kappa shape index (κ2) is 10.7. The van der Waals surface area contributed by atoms with Crippen LogP contribution in [-0.2, 0) is 21.4 Å². The van der Waals surface area contributed by atoms with Gasteiger partial charge in [0.1, 0.15) is 11.9 Å². The minimum Gasteiger partial charge on any atom is -0.493 e. The van der Waals surface area contributed by atoms with E-state index < -0.39 is 0 Å². The highest BCUT2D eigenvalue weighted by molar-refractivity contribution is 5.96. The number of methoxy groups -OCH3 is 1. The van der Waals surface area contributed by atoms with Gasteiger partial charge in [-0.25, -0.2) is 0 Å². The van der Waals surface area contributed by atoms with E-state index in [-0.39, 0.29) is 35.0 Å². The Bertz CT molecular complexity index is 1310. The minimum atomic E-state index is -0.172. The lowest BCUT2D eigenvalue weighted by atomic mass is 9.51. The number of carbonyl (C=O) groups excluding carboxylic acids is 3. The molecule has 0 aromatic heterocycles. The molecule has 4 aliphatic rings. The number of likely N-dealkylation sites (N-methyl/N-ethyl adjacent to an activating group) is 1. The summed E-state index contributed by atoms with van der Waals surface area (Å²) in [5, 5.41) is 0. The lowest BCUT2D eigenvalue weighted by Crippen LogP contribution is -2.69. The number of unbranched alkanes of at least 4 members (excludes halogenated alkanes) is 1. The van der Waals surface area contributed by atoms with Crippen LogP contribution in [0, 0.1) is 5.92 Å². The average Bonchev–Trinajstić information content (AvgIpc) is 3.31. The van der Waals surface area contributed by atoms with E-state index in [9.17, 15) is 14.4 Å². The molecule has 1 saturated carbocycles. The molecule has 0 unspecified atom stereocenters. The fraction of sp³-hybridized carbons (Fsp3) is 0.545. The van der Waals surface area contributed by atoms with Crippen LogP contribution in [0.5, 0.6) is 11.5 Å². The summed E-state index contributed by atoms with van der Waals surface area (Å²) in [6.45, 7) is 3.03. The predicted octanol–water partition coefficient (Wildman–Crippen LogP) is 4.59. The van der Waals surface area contributed by atoms with Crippen molar-refractivity contribution in [2.24, 2.45) is 5.92 Å². The third-order valence-electron chi connectivity index (χ3n) is 10.1. The maximum atomic E-state index is 13.5. The molecule has 2 heterocycles. The molecule has 6 rings (SSSR count). The van der Waals surface area contributed by atoms with Crippen LogP contribution in [0.15, 0.2) is 42.5 Å². The van der Waals surface area contributed by atoms with Gasteiger partial charge in [-0.2, -0.15) is 0 Å². The number of hydrogen-bond donors (Lipinski definition) is 0. The molecular weight excluding hydrogens is 504 g/mol. The van der Waals surface area contributed by atoms with Crippen LogP contribution < -0.4 is 9.47 Å². The molecular formula is C33H40N2O5. The van der Waals surface area contributed by atoms with Gasteiger partial charge in [-0.3, -0.25) is 19.3 Å². The fourth-order valence-corrected chi connectivity index (χ4v) is 8.32. The molecule has 2 fully saturated rings. The molecule has 212 valence electrons. The van der Waals surface area contributed by atoms with Gasteiger partial charge in [0.25, 0.3) is 0 Å². The number of nitrogens with zero attached hydrogens (tertiary/aromatic N) is 2. The van der Waals surface area contributed by atoms with Crippen LogP contribution in [0.25, 0.3) is 0 Å². The number of rotatable bonds is 10. The Balaban J connectivity index is 1.20. The van der Waals surface area contributed by atoms with Crippen molar-refractivity contribution in [3.8, 4) is 11.5 Å². The first kappa shape index (κ1) is 27.0. The zero-order valence-electron chi connectivity index (χ0n) is 23.9. The Labute approximate surface area is 236 Å².